The topological polar surface area (TPSA) is 86.7 Å². The summed E-state index contributed by atoms with van der Waals surface area (Å²) < 4.78 is 69.4. The second kappa shape index (κ2) is 9.08. The van der Waals surface area contributed by atoms with Crippen LogP contribution in [0.2, 0.25) is 10.0 Å². The summed E-state index contributed by atoms with van der Waals surface area (Å²) in [6, 6.07) is 6.50. The molecule has 1 aliphatic heterocycles. The summed E-state index contributed by atoms with van der Waals surface area (Å²) in [6.45, 7) is 2.21. The summed E-state index contributed by atoms with van der Waals surface area (Å²) in [5.41, 5.74) is -1.33. The Labute approximate surface area is 193 Å². The molecule has 0 unspecified atom stereocenters. The molecule has 0 spiro atoms. The van der Waals surface area contributed by atoms with Crippen LogP contribution in [0, 0.1) is 0 Å². The van der Waals surface area contributed by atoms with Crippen LogP contribution in [-0.2, 0) is 21.0 Å². The Morgan fingerprint density at radius 2 is 1.72 bits per heavy atom. The van der Waals surface area contributed by atoms with Crippen molar-refractivity contribution in [1.29, 1.82) is 0 Å². The average Bonchev–Trinajstić information content (AvgIpc) is 2.67. The zero-order valence-corrected chi connectivity index (χ0v) is 20.0. The van der Waals surface area contributed by atoms with Gasteiger partial charge in [-0.15, -0.1) is 0 Å². The fourth-order valence-corrected chi connectivity index (χ4v) is 7.53. The first-order valence-electron chi connectivity index (χ1n) is 9.40. The van der Waals surface area contributed by atoms with E-state index in [1.54, 1.807) is 11.3 Å². The molecule has 1 fully saturated rings. The van der Waals surface area contributed by atoms with Gasteiger partial charge >= 0.3 is 194 Å². The van der Waals surface area contributed by atoms with E-state index in [9.17, 15) is 31.3 Å². The van der Waals surface area contributed by atoms with Gasteiger partial charge in [0.25, 0.3) is 0 Å². The normalized spacial score (nSPS) is 16.8. The Bertz CT molecular complexity index is 1150. The van der Waals surface area contributed by atoms with Crippen LogP contribution in [0.5, 0.6) is 0 Å². The van der Waals surface area contributed by atoms with Crippen LogP contribution >= 0.6 is 30.8 Å². The first-order chi connectivity index (χ1) is 14.7. The van der Waals surface area contributed by atoms with Crippen molar-refractivity contribution in [1.82, 2.24) is 4.67 Å². The predicted molar refractivity (Wildman–Crippen MR) is 121 cm³/mol. The van der Waals surface area contributed by atoms with Gasteiger partial charge < -0.3 is 0 Å². The summed E-state index contributed by atoms with van der Waals surface area (Å²) in [7, 11) is -7.91. The monoisotopic (exact) mass is 530 g/mol. The molecule has 176 valence electrons. The SMILES string of the molecule is C[PH](O)(c1ccc(Cl)cc1NS(=O)(=O)c1ccc(Cl)c(C(F)(F)F)c1)N1CCC(=O)CC1. The van der Waals surface area contributed by atoms with Crippen LogP contribution < -0.4 is 10.0 Å². The van der Waals surface area contributed by atoms with E-state index in [4.69, 9.17) is 23.2 Å². The molecule has 0 bridgehead atoms. The zero-order chi connectivity index (χ0) is 23.9. The fraction of sp³-hybridized carbons (Fsp3) is 0.316. The van der Waals surface area contributed by atoms with E-state index in [0.717, 1.165) is 12.1 Å². The molecule has 1 heterocycles. The number of hydrogen-bond donors (Lipinski definition) is 2. The molecule has 1 aliphatic rings. The summed E-state index contributed by atoms with van der Waals surface area (Å²) in [4.78, 5) is 22.2. The molecule has 2 aromatic carbocycles. The number of ketones is 1. The summed E-state index contributed by atoms with van der Waals surface area (Å²) in [5.74, 6) is 0.0753. The van der Waals surface area contributed by atoms with Gasteiger partial charge in [0, 0.05) is 0 Å². The Hall–Kier alpha value is -1.42. The molecule has 3 rings (SSSR count). The number of hydrogen-bond acceptors (Lipinski definition) is 5. The average molecular weight is 531 g/mol. The maximum atomic E-state index is 13.2. The zero-order valence-electron chi connectivity index (χ0n) is 16.7. The number of benzene rings is 2. The van der Waals surface area contributed by atoms with E-state index in [1.807, 2.05) is 0 Å². The number of alkyl halides is 3. The molecule has 0 aromatic heterocycles. The molecule has 0 atom stereocenters. The van der Waals surface area contributed by atoms with Crippen LogP contribution in [0.4, 0.5) is 18.9 Å². The molecule has 6 nitrogen and oxygen atoms in total. The Morgan fingerprint density at radius 1 is 1.09 bits per heavy atom. The quantitative estimate of drug-likeness (QED) is 0.562. The van der Waals surface area contributed by atoms with Crippen LogP contribution in [0.15, 0.2) is 41.3 Å². The number of piperidine rings is 1. The molecule has 0 radical (unpaired) electrons. The van der Waals surface area contributed by atoms with Crippen LogP contribution in [-0.4, -0.2) is 43.5 Å². The van der Waals surface area contributed by atoms with Gasteiger partial charge in [-0.05, 0) is 0 Å². The summed E-state index contributed by atoms with van der Waals surface area (Å²) in [6.07, 6.45) is -4.31. The van der Waals surface area contributed by atoms with E-state index in [0.29, 0.717) is 19.2 Å². The Kier molecular flexibility index (Phi) is 7.15. The van der Waals surface area contributed by atoms with Crippen molar-refractivity contribution >= 4 is 57.6 Å². The van der Waals surface area contributed by atoms with Crippen molar-refractivity contribution in [3.05, 3.63) is 52.0 Å². The number of carbonyl (C=O) groups is 1. The van der Waals surface area contributed by atoms with Gasteiger partial charge in [-0.25, -0.2) is 0 Å². The summed E-state index contributed by atoms with van der Waals surface area (Å²) >= 11 is 11.6. The number of Topliss-reactive ketones (excluding diaryl/α,β-unsaturated/α-hetero) is 1. The van der Waals surface area contributed by atoms with Gasteiger partial charge in [0.2, 0.25) is 0 Å². The number of halogens is 5. The Balaban J connectivity index is 2.01. The van der Waals surface area contributed by atoms with Crippen LogP contribution in [0.25, 0.3) is 0 Å². The second-order valence-electron chi connectivity index (χ2n) is 7.48. The van der Waals surface area contributed by atoms with Crippen molar-refractivity contribution in [2.24, 2.45) is 0 Å². The van der Waals surface area contributed by atoms with Crippen molar-refractivity contribution in [2.45, 2.75) is 23.9 Å². The van der Waals surface area contributed by atoms with Crippen LogP contribution in [0.1, 0.15) is 18.4 Å². The third kappa shape index (κ3) is 5.38. The molecule has 13 heteroatoms. The van der Waals surface area contributed by atoms with Crippen molar-refractivity contribution < 1.29 is 31.3 Å². The first-order valence-corrected chi connectivity index (χ1v) is 14.0. The van der Waals surface area contributed by atoms with Gasteiger partial charge in [-0.2, -0.15) is 0 Å². The number of anilines is 1. The predicted octanol–water partition coefficient (Wildman–Crippen LogP) is 4.31. The molecular formula is C19H20Cl2F3N2O4PS. The minimum absolute atomic E-state index is 0.0467. The number of sulfonamides is 1. The van der Waals surface area contributed by atoms with E-state index < -0.39 is 39.3 Å². The van der Waals surface area contributed by atoms with Gasteiger partial charge in [0.1, 0.15) is 0 Å². The molecular weight excluding hydrogens is 511 g/mol. The third-order valence-corrected chi connectivity index (χ3v) is 10.3. The van der Waals surface area contributed by atoms with E-state index >= 15 is 0 Å². The summed E-state index contributed by atoms with van der Waals surface area (Å²) in [5, 5.41) is -0.197. The third-order valence-electron chi connectivity index (χ3n) is 5.23. The van der Waals surface area contributed by atoms with Gasteiger partial charge in [-0.1, -0.05) is 0 Å². The van der Waals surface area contributed by atoms with E-state index in [2.05, 4.69) is 4.72 Å². The van der Waals surface area contributed by atoms with E-state index in [1.165, 1.54) is 18.2 Å². The first kappa shape index (κ1) is 25.2. The van der Waals surface area contributed by atoms with Crippen molar-refractivity contribution in [3.8, 4) is 0 Å². The number of nitrogens with zero attached hydrogens (tertiary/aromatic N) is 1. The molecule has 2 aromatic rings. The number of carbonyl (C=O) groups excluding carboxylic acids is 1. The van der Waals surface area contributed by atoms with Gasteiger partial charge in [-0.3, -0.25) is 0 Å². The molecule has 32 heavy (non-hydrogen) atoms. The maximum absolute atomic E-state index is 13.2. The molecule has 0 saturated carbocycles. The molecule has 0 amide bonds. The van der Waals surface area contributed by atoms with E-state index in [-0.39, 0.29) is 34.6 Å². The Morgan fingerprint density at radius 3 is 2.31 bits per heavy atom. The molecule has 0 aliphatic carbocycles. The van der Waals surface area contributed by atoms with Gasteiger partial charge in [0.05, 0.1) is 0 Å². The number of rotatable bonds is 5. The van der Waals surface area contributed by atoms with Crippen molar-refractivity contribution in [2.75, 3.05) is 24.5 Å². The van der Waals surface area contributed by atoms with Gasteiger partial charge in [0.15, 0.2) is 0 Å². The van der Waals surface area contributed by atoms with Crippen LogP contribution in [0.3, 0.4) is 0 Å². The standard InChI is InChI=1S/C19H20Cl2F3N2O4PS/c1-31(28,26-8-6-13(27)7-9-26)18-5-2-12(20)10-17(18)25-32(29,30)14-3-4-16(21)15(11-14)19(22,23)24/h2-5,10-11,25,28,31H,6-9H2,1H3. The minimum atomic E-state index is -4.84. The van der Waals surface area contributed by atoms with Crippen molar-refractivity contribution in [3.63, 3.8) is 0 Å². The molecule has 2 N–H and O–H groups in total. The second-order valence-corrected chi connectivity index (χ2v) is 13.2. The molecule has 1 saturated heterocycles. The fourth-order valence-electron chi connectivity index (χ4n) is 3.47. The number of nitrogens with one attached hydrogen (secondary N) is 1.